The molecule has 2 aromatic carbocycles. The Morgan fingerprint density at radius 3 is 2.48 bits per heavy atom. The van der Waals surface area contributed by atoms with Gasteiger partial charge in [0.25, 0.3) is 11.8 Å². The maximum atomic E-state index is 12.6. The van der Waals surface area contributed by atoms with E-state index in [2.05, 4.69) is 24.5 Å². The van der Waals surface area contributed by atoms with Gasteiger partial charge in [0.05, 0.1) is 15.6 Å². The number of anilines is 2. The molecule has 0 spiro atoms. The summed E-state index contributed by atoms with van der Waals surface area (Å²) in [6.07, 6.45) is 0. The Balaban J connectivity index is 1.77. The van der Waals surface area contributed by atoms with E-state index in [1.165, 1.54) is 11.3 Å². The van der Waals surface area contributed by atoms with Crippen LogP contribution in [0.5, 0.6) is 0 Å². The molecule has 0 radical (unpaired) electrons. The lowest BCUT2D eigenvalue weighted by Crippen LogP contribution is -2.14. The summed E-state index contributed by atoms with van der Waals surface area (Å²) in [7, 11) is 0. The topological polar surface area (TPSA) is 58.2 Å². The first kappa shape index (κ1) is 19.1. The van der Waals surface area contributed by atoms with Gasteiger partial charge in [-0.2, -0.15) is 0 Å². The summed E-state index contributed by atoms with van der Waals surface area (Å²) in [6.45, 7) is 4.20. The van der Waals surface area contributed by atoms with Crippen LogP contribution in [0.25, 0.3) is 0 Å². The second-order valence-electron chi connectivity index (χ2n) is 6.36. The molecule has 27 heavy (non-hydrogen) atoms. The summed E-state index contributed by atoms with van der Waals surface area (Å²) in [5.74, 6) is -0.148. The summed E-state index contributed by atoms with van der Waals surface area (Å²) in [5, 5.41) is 7.84. The van der Waals surface area contributed by atoms with Crippen LogP contribution >= 0.6 is 22.9 Å². The largest absolute Gasteiger partial charge is 0.322 e. The molecular weight excluding hydrogens is 380 g/mol. The third kappa shape index (κ3) is 4.76. The number of rotatable bonds is 5. The van der Waals surface area contributed by atoms with Crippen molar-refractivity contribution in [3.63, 3.8) is 0 Å². The number of benzene rings is 2. The molecule has 1 aromatic heterocycles. The van der Waals surface area contributed by atoms with Crippen molar-refractivity contribution >= 4 is 46.1 Å². The number of thiophene rings is 1. The van der Waals surface area contributed by atoms with Crippen LogP contribution in [0.4, 0.5) is 11.4 Å². The van der Waals surface area contributed by atoms with Crippen molar-refractivity contribution in [1.29, 1.82) is 0 Å². The molecule has 4 nitrogen and oxygen atoms in total. The second-order valence-corrected chi connectivity index (χ2v) is 7.72. The lowest BCUT2D eigenvalue weighted by atomic mass is 10.0. The zero-order chi connectivity index (χ0) is 19.4. The van der Waals surface area contributed by atoms with Crippen molar-refractivity contribution in [3.8, 4) is 0 Å². The van der Waals surface area contributed by atoms with Gasteiger partial charge in [-0.15, -0.1) is 11.3 Å². The molecule has 0 bridgehead atoms. The molecule has 0 unspecified atom stereocenters. The minimum atomic E-state index is -0.265. The van der Waals surface area contributed by atoms with Crippen molar-refractivity contribution in [1.82, 2.24) is 0 Å². The molecule has 138 valence electrons. The van der Waals surface area contributed by atoms with Crippen molar-refractivity contribution in [3.05, 3.63) is 81.0 Å². The van der Waals surface area contributed by atoms with Gasteiger partial charge in [-0.1, -0.05) is 43.6 Å². The van der Waals surface area contributed by atoms with Gasteiger partial charge >= 0.3 is 0 Å². The number of hydrogen-bond acceptors (Lipinski definition) is 3. The zero-order valence-electron chi connectivity index (χ0n) is 15.0. The van der Waals surface area contributed by atoms with Crippen LogP contribution in [-0.2, 0) is 0 Å². The van der Waals surface area contributed by atoms with E-state index in [9.17, 15) is 9.59 Å². The molecule has 1 heterocycles. The highest BCUT2D eigenvalue weighted by molar-refractivity contribution is 7.12. The Bertz CT molecular complexity index is 968. The average molecular weight is 399 g/mol. The Kier molecular flexibility index (Phi) is 5.94. The molecular formula is C21H19ClN2O2S. The molecule has 0 saturated heterocycles. The molecule has 0 fully saturated rings. The maximum Gasteiger partial charge on any atom is 0.265 e. The van der Waals surface area contributed by atoms with Gasteiger partial charge in [0.1, 0.15) is 0 Å². The van der Waals surface area contributed by atoms with Gasteiger partial charge in [-0.25, -0.2) is 0 Å². The molecule has 3 aromatic rings. The fourth-order valence-electron chi connectivity index (χ4n) is 2.53. The number of amides is 2. The fraction of sp³-hybridized carbons (Fsp3) is 0.143. The maximum absolute atomic E-state index is 12.6. The molecule has 0 aliphatic rings. The average Bonchev–Trinajstić information content (AvgIpc) is 3.18. The molecule has 3 rings (SSSR count). The van der Waals surface area contributed by atoms with Gasteiger partial charge in [-0.05, 0) is 53.3 Å². The van der Waals surface area contributed by atoms with E-state index in [0.29, 0.717) is 27.1 Å². The summed E-state index contributed by atoms with van der Waals surface area (Å²) < 4.78 is 0. The summed E-state index contributed by atoms with van der Waals surface area (Å²) in [4.78, 5) is 25.4. The normalized spacial score (nSPS) is 10.7. The van der Waals surface area contributed by atoms with Crippen LogP contribution < -0.4 is 10.6 Å². The van der Waals surface area contributed by atoms with Gasteiger partial charge in [-0.3, -0.25) is 9.59 Å². The van der Waals surface area contributed by atoms with Crippen molar-refractivity contribution in [2.45, 2.75) is 19.8 Å². The number of nitrogens with one attached hydrogen (secondary N) is 2. The number of carbonyl (C=O) groups is 2. The predicted molar refractivity (Wildman–Crippen MR) is 112 cm³/mol. The Labute approximate surface area is 167 Å². The Morgan fingerprint density at radius 2 is 1.78 bits per heavy atom. The van der Waals surface area contributed by atoms with Crippen LogP contribution in [0.3, 0.4) is 0 Å². The van der Waals surface area contributed by atoms with E-state index in [0.717, 1.165) is 11.3 Å². The Morgan fingerprint density at radius 1 is 0.963 bits per heavy atom. The molecule has 0 saturated carbocycles. The third-order valence-corrected chi connectivity index (χ3v) is 5.23. The highest BCUT2D eigenvalue weighted by atomic mass is 35.5. The first-order chi connectivity index (χ1) is 12.9. The van der Waals surface area contributed by atoms with E-state index < -0.39 is 0 Å². The lowest BCUT2D eigenvalue weighted by Gasteiger charge is -2.11. The molecule has 0 aliphatic heterocycles. The lowest BCUT2D eigenvalue weighted by molar-refractivity contribution is 0.101. The van der Waals surface area contributed by atoms with E-state index in [1.807, 2.05) is 29.6 Å². The Hall–Kier alpha value is -2.63. The van der Waals surface area contributed by atoms with Crippen molar-refractivity contribution in [2.75, 3.05) is 10.6 Å². The van der Waals surface area contributed by atoms with Gasteiger partial charge < -0.3 is 10.6 Å². The molecule has 0 aliphatic carbocycles. The number of halogens is 1. The highest BCUT2D eigenvalue weighted by Gasteiger charge is 2.13. The van der Waals surface area contributed by atoms with Crippen LogP contribution in [0.2, 0.25) is 5.02 Å². The predicted octanol–water partition coefficient (Wildman–Crippen LogP) is 6.03. The minimum Gasteiger partial charge on any atom is -0.322 e. The summed E-state index contributed by atoms with van der Waals surface area (Å²) in [6, 6.07) is 16.1. The smallest absolute Gasteiger partial charge is 0.265 e. The van der Waals surface area contributed by atoms with Crippen LogP contribution in [0.15, 0.2) is 60.0 Å². The monoisotopic (exact) mass is 398 g/mol. The SMILES string of the molecule is CC(C)c1cccc(NC(=O)c2ccc(Cl)c(NC(=O)c3cccs3)c2)c1. The standard InChI is InChI=1S/C21H19ClN2O2S/c1-13(2)14-5-3-6-16(11-14)23-20(25)15-8-9-17(22)18(12-15)24-21(26)19-7-4-10-27-19/h3-13H,1-2H3,(H,23,25)(H,24,26). The quantitative estimate of drug-likeness (QED) is 0.551. The molecule has 0 atom stereocenters. The van der Waals surface area contributed by atoms with E-state index in [-0.39, 0.29) is 11.8 Å². The van der Waals surface area contributed by atoms with E-state index in [1.54, 1.807) is 30.3 Å². The fourth-order valence-corrected chi connectivity index (χ4v) is 3.32. The van der Waals surface area contributed by atoms with Gasteiger partial charge in [0.15, 0.2) is 0 Å². The first-order valence-corrected chi connectivity index (χ1v) is 9.75. The van der Waals surface area contributed by atoms with Gasteiger partial charge in [0, 0.05) is 11.3 Å². The van der Waals surface area contributed by atoms with E-state index in [4.69, 9.17) is 11.6 Å². The zero-order valence-corrected chi connectivity index (χ0v) is 16.5. The van der Waals surface area contributed by atoms with Crippen LogP contribution in [0.1, 0.15) is 45.4 Å². The minimum absolute atomic E-state index is 0.255. The molecule has 2 N–H and O–H groups in total. The highest BCUT2D eigenvalue weighted by Crippen LogP contribution is 2.25. The summed E-state index contributed by atoms with van der Waals surface area (Å²) >= 11 is 7.52. The second kappa shape index (κ2) is 8.37. The number of carbonyl (C=O) groups excluding carboxylic acids is 2. The first-order valence-electron chi connectivity index (χ1n) is 8.50. The van der Waals surface area contributed by atoms with Gasteiger partial charge in [0.2, 0.25) is 0 Å². The van der Waals surface area contributed by atoms with Crippen molar-refractivity contribution in [2.24, 2.45) is 0 Å². The third-order valence-electron chi connectivity index (χ3n) is 4.03. The van der Waals surface area contributed by atoms with Crippen LogP contribution in [-0.4, -0.2) is 11.8 Å². The van der Waals surface area contributed by atoms with E-state index >= 15 is 0 Å². The molecule has 2 amide bonds. The van der Waals surface area contributed by atoms with Crippen molar-refractivity contribution < 1.29 is 9.59 Å². The number of hydrogen-bond donors (Lipinski definition) is 2. The summed E-state index contributed by atoms with van der Waals surface area (Å²) in [5.41, 5.74) is 2.69. The molecule has 6 heteroatoms. The van der Waals surface area contributed by atoms with Crippen LogP contribution in [0, 0.1) is 0 Å².